The van der Waals surface area contributed by atoms with Crippen LogP contribution in [-0.4, -0.2) is 17.7 Å². The van der Waals surface area contributed by atoms with E-state index in [0.717, 1.165) is 0 Å². The second-order valence-electron chi connectivity index (χ2n) is 3.70. The van der Waals surface area contributed by atoms with Gasteiger partial charge in [0.2, 0.25) is 0 Å². The lowest BCUT2D eigenvalue weighted by atomic mass is 9.96. The molecule has 0 aliphatic rings. The molecule has 1 aromatic rings. The topological polar surface area (TPSA) is 46.5 Å². The second kappa shape index (κ2) is 5.07. The van der Waals surface area contributed by atoms with Crippen LogP contribution in [-0.2, 0) is 15.1 Å². The van der Waals surface area contributed by atoms with E-state index in [0.29, 0.717) is 18.6 Å². The fourth-order valence-electron chi connectivity index (χ4n) is 1.36. The maximum atomic E-state index is 13.0. The predicted molar refractivity (Wildman–Crippen MR) is 57.6 cm³/mol. The lowest BCUT2D eigenvalue weighted by Crippen LogP contribution is -2.35. The molecule has 0 heterocycles. The molecular formula is C12H15FO3. The molecule has 88 valence electrons. The molecule has 0 aliphatic carbocycles. The van der Waals surface area contributed by atoms with Gasteiger partial charge in [0, 0.05) is 6.61 Å². The van der Waals surface area contributed by atoms with Crippen molar-refractivity contribution in [2.24, 2.45) is 0 Å². The number of carbonyl (C=O) groups is 1. The third-order valence-corrected chi connectivity index (χ3v) is 2.38. The fourth-order valence-corrected chi connectivity index (χ4v) is 1.36. The zero-order valence-corrected chi connectivity index (χ0v) is 9.37. The van der Waals surface area contributed by atoms with E-state index in [1.165, 1.54) is 25.1 Å². The molecule has 0 saturated heterocycles. The van der Waals surface area contributed by atoms with Gasteiger partial charge in [0.25, 0.3) is 0 Å². The molecule has 1 unspecified atom stereocenters. The Kier molecular flexibility index (Phi) is 4.01. The van der Waals surface area contributed by atoms with E-state index >= 15 is 0 Å². The van der Waals surface area contributed by atoms with Crippen LogP contribution in [0.3, 0.4) is 0 Å². The lowest BCUT2D eigenvalue weighted by Gasteiger charge is -2.25. The average Bonchev–Trinajstić information content (AvgIpc) is 2.25. The van der Waals surface area contributed by atoms with Crippen LogP contribution in [0.5, 0.6) is 0 Å². The molecule has 0 spiro atoms. The number of hydrogen-bond donors (Lipinski definition) is 1. The molecule has 16 heavy (non-hydrogen) atoms. The van der Waals surface area contributed by atoms with E-state index in [2.05, 4.69) is 0 Å². The predicted octanol–water partition coefficient (Wildman–Crippen LogP) is 2.55. The standard InChI is InChI=1S/C12H15FO3/c1-3-7-16-12(2,11(14)15)9-5-4-6-10(13)8-9/h4-6,8H,3,7H2,1-2H3,(H,14,15). The third-order valence-electron chi connectivity index (χ3n) is 2.38. The Morgan fingerprint density at radius 1 is 1.56 bits per heavy atom. The Labute approximate surface area is 93.9 Å². The molecule has 3 nitrogen and oxygen atoms in total. The number of ether oxygens (including phenoxy) is 1. The van der Waals surface area contributed by atoms with Gasteiger partial charge >= 0.3 is 5.97 Å². The first-order chi connectivity index (χ1) is 7.50. The smallest absolute Gasteiger partial charge is 0.340 e. The van der Waals surface area contributed by atoms with Gasteiger partial charge in [-0.1, -0.05) is 19.1 Å². The fraction of sp³-hybridized carbons (Fsp3) is 0.417. The summed E-state index contributed by atoms with van der Waals surface area (Å²) in [5.74, 6) is -1.59. The van der Waals surface area contributed by atoms with Crippen LogP contribution in [0.25, 0.3) is 0 Å². The highest BCUT2D eigenvalue weighted by Crippen LogP contribution is 2.26. The van der Waals surface area contributed by atoms with E-state index in [4.69, 9.17) is 9.84 Å². The van der Waals surface area contributed by atoms with Gasteiger partial charge in [0.1, 0.15) is 5.82 Å². The molecule has 0 amide bonds. The van der Waals surface area contributed by atoms with Gasteiger partial charge in [-0.3, -0.25) is 0 Å². The van der Waals surface area contributed by atoms with Gasteiger partial charge in [-0.25, -0.2) is 9.18 Å². The summed E-state index contributed by atoms with van der Waals surface area (Å²) in [5.41, 5.74) is -1.17. The maximum Gasteiger partial charge on any atom is 0.340 e. The summed E-state index contributed by atoms with van der Waals surface area (Å²) in [6.07, 6.45) is 0.707. The Morgan fingerprint density at radius 2 is 2.25 bits per heavy atom. The number of hydrogen-bond acceptors (Lipinski definition) is 2. The summed E-state index contributed by atoms with van der Waals surface area (Å²) in [4.78, 5) is 11.2. The molecule has 0 radical (unpaired) electrons. The summed E-state index contributed by atoms with van der Waals surface area (Å²) in [6.45, 7) is 3.63. The first-order valence-electron chi connectivity index (χ1n) is 5.14. The zero-order valence-electron chi connectivity index (χ0n) is 9.37. The van der Waals surface area contributed by atoms with Gasteiger partial charge in [-0.2, -0.15) is 0 Å². The number of benzene rings is 1. The van der Waals surface area contributed by atoms with Gasteiger partial charge in [-0.05, 0) is 31.0 Å². The van der Waals surface area contributed by atoms with Crippen LogP contribution in [0, 0.1) is 5.82 Å². The van der Waals surface area contributed by atoms with E-state index in [9.17, 15) is 9.18 Å². The molecule has 0 fully saturated rings. The molecule has 1 N–H and O–H groups in total. The molecule has 0 saturated carbocycles. The molecule has 0 aromatic heterocycles. The van der Waals surface area contributed by atoms with E-state index in [1.807, 2.05) is 6.92 Å². The summed E-state index contributed by atoms with van der Waals surface area (Å²) >= 11 is 0. The zero-order chi connectivity index (χ0) is 12.2. The van der Waals surface area contributed by atoms with E-state index < -0.39 is 17.4 Å². The van der Waals surface area contributed by atoms with Crippen LogP contribution in [0.15, 0.2) is 24.3 Å². The van der Waals surface area contributed by atoms with Crippen LogP contribution >= 0.6 is 0 Å². The summed E-state index contributed by atoms with van der Waals surface area (Å²) in [7, 11) is 0. The normalized spacial score (nSPS) is 14.4. The van der Waals surface area contributed by atoms with Gasteiger partial charge in [0.05, 0.1) is 0 Å². The van der Waals surface area contributed by atoms with Gasteiger partial charge < -0.3 is 9.84 Å². The molecule has 4 heteroatoms. The van der Waals surface area contributed by atoms with Crippen molar-refractivity contribution in [3.8, 4) is 0 Å². The molecule has 0 bridgehead atoms. The maximum absolute atomic E-state index is 13.0. The Bertz CT molecular complexity index is 378. The van der Waals surface area contributed by atoms with Crippen LogP contribution < -0.4 is 0 Å². The van der Waals surface area contributed by atoms with Crippen LogP contribution in [0.2, 0.25) is 0 Å². The number of carboxylic acid groups (broad SMARTS) is 1. The van der Waals surface area contributed by atoms with Crippen molar-refractivity contribution in [3.05, 3.63) is 35.6 Å². The summed E-state index contributed by atoms with van der Waals surface area (Å²) in [5, 5.41) is 9.16. The van der Waals surface area contributed by atoms with Crippen molar-refractivity contribution in [3.63, 3.8) is 0 Å². The minimum Gasteiger partial charge on any atom is -0.479 e. The van der Waals surface area contributed by atoms with Gasteiger partial charge in [-0.15, -0.1) is 0 Å². The number of carboxylic acids is 1. The minimum absolute atomic E-state index is 0.313. The Balaban J connectivity index is 3.06. The highest BCUT2D eigenvalue weighted by molar-refractivity contribution is 5.78. The largest absolute Gasteiger partial charge is 0.479 e. The van der Waals surface area contributed by atoms with Crippen molar-refractivity contribution in [1.29, 1.82) is 0 Å². The number of rotatable bonds is 5. The van der Waals surface area contributed by atoms with E-state index in [-0.39, 0.29) is 0 Å². The van der Waals surface area contributed by atoms with Crippen molar-refractivity contribution < 1.29 is 19.0 Å². The molecule has 0 aliphatic heterocycles. The Hall–Kier alpha value is -1.42. The highest BCUT2D eigenvalue weighted by atomic mass is 19.1. The monoisotopic (exact) mass is 226 g/mol. The SMILES string of the molecule is CCCOC(C)(C(=O)O)c1cccc(F)c1. The quantitative estimate of drug-likeness (QED) is 0.839. The van der Waals surface area contributed by atoms with Gasteiger partial charge in [0.15, 0.2) is 5.60 Å². The van der Waals surface area contributed by atoms with Crippen LogP contribution in [0.1, 0.15) is 25.8 Å². The van der Waals surface area contributed by atoms with Crippen LogP contribution in [0.4, 0.5) is 4.39 Å². The van der Waals surface area contributed by atoms with Crippen molar-refractivity contribution >= 4 is 5.97 Å². The highest BCUT2D eigenvalue weighted by Gasteiger charge is 2.36. The van der Waals surface area contributed by atoms with Crippen molar-refractivity contribution in [1.82, 2.24) is 0 Å². The second-order valence-corrected chi connectivity index (χ2v) is 3.70. The molecule has 1 rings (SSSR count). The minimum atomic E-state index is -1.49. The summed E-state index contributed by atoms with van der Waals surface area (Å²) in [6, 6.07) is 5.48. The first kappa shape index (κ1) is 12.6. The number of aliphatic carboxylic acids is 1. The lowest BCUT2D eigenvalue weighted by molar-refractivity contribution is -0.165. The van der Waals surface area contributed by atoms with E-state index in [1.54, 1.807) is 6.07 Å². The third kappa shape index (κ3) is 2.58. The van der Waals surface area contributed by atoms with Crippen molar-refractivity contribution in [2.75, 3.05) is 6.61 Å². The molecular weight excluding hydrogens is 211 g/mol. The Morgan fingerprint density at radius 3 is 2.75 bits per heavy atom. The summed E-state index contributed by atoms with van der Waals surface area (Å²) < 4.78 is 18.3. The molecule has 1 atom stereocenters. The average molecular weight is 226 g/mol. The first-order valence-corrected chi connectivity index (χ1v) is 5.14. The van der Waals surface area contributed by atoms with Crippen molar-refractivity contribution in [2.45, 2.75) is 25.9 Å². The molecule has 1 aromatic carbocycles. The number of halogens is 1.